The van der Waals surface area contributed by atoms with Crippen molar-refractivity contribution in [2.45, 2.75) is 39.7 Å². The highest BCUT2D eigenvalue weighted by molar-refractivity contribution is 5.76. The van der Waals surface area contributed by atoms with Crippen LogP contribution in [-0.2, 0) is 4.79 Å². The third-order valence-electron chi connectivity index (χ3n) is 4.64. The molecule has 1 aliphatic rings. The number of hydrogen-bond acceptors (Lipinski definition) is 7. The molecule has 0 bridgehead atoms. The minimum Gasteiger partial charge on any atom is -0.477 e. The van der Waals surface area contributed by atoms with E-state index in [1.807, 2.05) is 26.0 Å². The Morgan fingerprint density at radius 1 is 1.28 bits per heavy atom. The number of fused-ring (bicyclic) bond motifs is 1. The van der Waals surface area contributed by atoms with E-state index in [9.17, 15) is 4.79 Å². The van der Waals surface area contributed by atoms with Crippen molar-refractivity contribution in [1.82, 2.24) is 20.3 Å². The predicted molar refractivity (Wildman–Crippen MR) is 107 cm³/mol. The van der Waals surface area contributed by atoms with Crippen molar-refractivity contribution in [1.29, 1.82) is 0 Å². The molecule has 3 heterocycles. The number of pyridine rings is 2. The molecule has 0 spiro atoms. The summed E-state index contributed by atoms with van der Waals surface area (Å²) in [5, 5.41) is 2.76. The van der Waals surface area contributed by atoms with E-state index in [1.165, 1.54) is 19.8 Å². The quantitative estimate of drug-likeness (QED) is 0.624. The average molecular weight is 396 g/mol. The summed E-state index contributed by atoms with van der Waals surface area (Å²) < 4.78 is 17.3. The zero-order valence-electron chi connectivity index (χ0n) is 16.8. The van der Waals surface area contributed by atoms with Crippen molar-refractivity contribution < 1.29 is 18.7 Å². The molecule has 29 heavy (non-hydrogen) atoms. The first-order chi connectivity index (χ1) is 14.0. The van der Waals surface area contributed by atoms with Crippen molar-refractivity contribution >= 4 is 17.0 Å². The summed E-state index contributed by atoms with van der Waals surface area (Å²) in [6.45, 7) is 6.28. The lowest BCUT2D eigenvalue weighted by Gasteiger charge is -2.12. The number of rotatable bonds is 8. The number of carbonyl (C=O) groups excluding carboxylic acids is 1. The summed E-state index contributed by atoms with van der Waals surface area (Å²) in [7, 11) is 0. The van der Waals surface area contributed by atoms with Gasteiger partial charge in [-0.25, -0.2) is 15.0 Å². The summed E-state index contributed by atoms with van der Waals surface area (Å²) in [4.78, 5) is 24.4. The number of aryl methyl sites for hydroxylation is 1. The average Bonchev–Trinajstić information content (AvgIpc) is 3.41. The van der Waals surface area contributed by atoms with Gasteiger partial charge in [-0.15, -0.1) is 0 Å². The van der Waals surface area contributed by atoms with Crippen LogP contribution in [0.15, 0.2) is 28.8 Å². The first-order valence-corrected chi connectivity index (χ1v) is 9.75. The highest BCUT2D eigenvalue weighted by Gasteiger charge is 2.22. The molecule has 1 amide bonds. The first kappa shape index (κ1) is 19.2. The minimum absolute atomic E-state index is 0.0997. The Hall–Kier alpha value is -3.16. The Labute approximate surface area is 168 Å². The summed E-state index contributed by atoms with van der Waals surface area (Å²) in [6, 6.07) is 5.33. The van der Waals surface area contributed by atoms with Crippen LogP contribution in [0.1, 0.15) is 32.4 Å². The van der Waals surface area contributed by atoms with E-state index in [1.54, 1.807) is 12.3 Å². The Kier molecular flexibility index (Phi) is 5.33. The number of ether oxygens (including phenoxy) is 2. The van der Waals surface area contributed by atoms with E-state index in [-0.39, 0.29) is 11.9 Å². The van der Waals surface area contributed by atoms with Crippen LogP contribution < -0.4 is 14.8 Å². The molecule has 1 N–H and O–H groups in total. The Morgan fingerprint density at radius 2 is 2.10 bits per heavy atom. The van der Waals surface area contributed by atoms with Crippen LogP contribution in [0.3, 0.4) is 0 Å². The van der Waals surface area contributed by atoms with Gasteiger partial charge in [0.25, 0.3) is 0 Å². The fraction of sp³-hybridized carbons (Fsp3) is 0.429. The molecule has 0 aromatic carbocycles. The standard InChI is InChI=1S/C21H24N4O4/c1-12(23-14(3)26)10-27-20-8-18-17(9-22-20)25-21(29-18)16-6-7-19(24-13(16)2)28-11-15-4-5-15/h6-9,12,15H,4-5,10-11H2,1-3H3,(H,23,26)/t12-/m0/s1. The third-order valence-corrected chi connectivity index (χ3v) is 4.64. The van der Waals surface area contributed by atoms with Crippen LogP contribution in [0.5, 0.6) is 11.8 Å². The normalized spacial score (nSPS) is 14.6. The predicted octanol–water partition coefficient (Wildman–Crippen LogP) is 3.29. The van der Waals surface area contributed by atoms with Crippen molar-refractivity contribution in [3.63, 3.8) is 0 Å². The summed E-state index contributed by atoms with van der Waals surface area (Å²) >= 11 is 0. The van der Waals surface area contributed by atoms with Gasteiger partial charge in [-0.1, -0.05) is 0 Å². The zero-order chi connectivity index (χ0) is 20.4. The Bertz CT molecular complexity index is 1030. The molecule has 1 fully saturated rings. The molecular formula is C21H24N4O4. The lowest BCUT2D eigenvalue weighted by molar-refractivity contribution is -0.119. The van der Waals surface area contributed by atoms with Crippen LogP contribution in [0, 0.1) is 12.8 Å². The number of aromatic nitrogens is 3. The largest absolute Gasteiger partial charge is 0.477 e. The zero-order valence-corrected chi connectivity index (χ0v) is 16.8. The van der Waals surface area contributed by atoms with Gasteiger partial charge >= 0.3 is 0 Å². The maximum Gasteiger partial charge on any atom is 0.229 e. The van der Waals surface area contributed by atoms with Gasteiger partial charge in [-0.3, -0.25) is 4.79 Å². The highest BCUT2D eigenvalue weighted by Crippen LogP contribution is 2.31. The number of carbonyl (C=O) groups is 1. The number of nitrogens with one attached hydrogen (secondary N) is 1. The fourth-order valence-corrected chi connectivity index (χ4v) is 2.94. The van der Waals surface area contributed by atoms with Crippen LogP contribution in [0.25, 0.3) is 22.6 Å². The molecule has 1 aliphatic carbocycles. The van der Waals surface area contributed by atoms with E-state index in [2.05, 4.69) is 20.3 Å². The second kappa shape index (κ2) is 8.06. The van der Waals surface area contributed by atoms with Crippen molar-refractivity contribution in [2.24, 2.45) is 5.92 Å². The molecule has 4 rings (SSSR count). The maximum atomic E-state index is 11.1. The van der Waals surface area contributed by atoms with Crippen LogP contribution in [0.2, 0.25) is 0 Å². The third kappa shape index (κ3) is 4.82. The molecule has 1 atom stereocenters. The van der Waals surface area contributed by atoms with E-state index in [0.29, 0.717) is 41.3 Å². The van der Waals surface area contributed by atoms with Gasteiger partial charge in [0.15, 0.2) is 5.58 Å². The molecule has 1 saturated carbocycles. The van der Waals surface area contributed by atoms with E-state index >= 15 is 0 Å². The molecule has 8 heteroatoms. The van der Waals surface area contributed by atoms with Crippen LogP contribution in [-0.4, -0.2) is 40.1 Å². The Morgan fingerprint density at radius 3 is 2.83 bits per heavy atom. The lowest BCUT2D eigenvalue weighted by atomic mass is 10.2. The second-order valence-electron chi connectivity index (χ2n) is 7.46. The fourth-order valence-electron chi connectivity index (χ4n) is 2.94. The van der Waals surface area contributed by atoms with E-state index < -0.39 is 0 Å². The molecule has 152 valence electrons. The van der Waals surface area contributed by atoms with Crippen molar-refractivity contribution in [3.05, 3.63) is 30.1 Å². The number of amides is 1. The molecule has 8 nitrogen and oxygen atoms in total. The first-order valence-electron chi connectivity index (χ1n) is 9.75. The molecule has 0 radical (unpaired) electrons. The van der Waals surface area contributed by atoms with Gasteiger partial charge in [0, 0.05) is 19.1 Å². The summed E-state index contributed by atoms with van der Waals surface area (Å²) in [6.07, 6.45) is 4.09. The minimum atomic E-state index is -0.121. The molecule has 0 aliphatic heterocycles. The summed E-state index contributed by atoms with van der Waals surface area (Å²) in [5.41, 5.74) is 2.81. The number of oxazole rings is 1. The summed E-state index contributed by atoms with van der Waals surface area (Å²) in [5.74, 6) is 2.09. The highest BCUT2D eigenvalue weighted by atomic mass is 16.5. The van der Waals surface area contributed by atoms with E-state index in [0.717, 1.165) is 17.9 Å². The molecule has 3 aromatic heterocycles. The monoisotopic (exact) mass is 396 g/mol. The van der Waals surface area contributed by atoms with Crippen molar-refractivity contribution in [2.75, 3.05) is 13.2 Å². The lowest BCUT2D eigenvalue weighted by Crippen LogP contribution is -2.35. The smallest absolute Gasteiger partial charge is 0.229 e. The van der Waals surface area contributed by atoms with Gasteiger partial charge < -0.3 is 19.2 Å². The molecule has 3 aromatic rings. The molecule has 0 saturated heterocycles. The Balaban J connectivity index is 1.47. The van der Waals surface area contributed by atoms with E-state index in [4.69, 9.17) is 13.9 Å². The van der Waals surface area contributed by atoms with Crippen LogP contribution >= 0.6 is 0 Å². The number of nitrogens with zero attached hydrogens (tertiary/aromatic N) is 3. The van der Waals surface area contributed by atoms with Gasteiger partial charge in [-0.2, -0.15) is 0 Å². The maximum absolute atomic E-state index is 11.1. The topological polar surface area (TPSA) is 99.4 Å². The SMILES string of the molecule is CC(=O)N[C@@H](C)COc1cc2oc(-c3ccc(OCC4CC4)nc3C)nc2cn1. The van der Waals surface area contributed by atoms with Crippen molar-refractivity contribution in [3.8, 4) is 23.2 Å². The molecule has 0 unspecified atom stereocenters. The molecular weight excluding hydrogens is 372 g/mol. The van der Waals surface area contributed by atoms with Gasteiger partial charge in [0.1, 0.15) is 12.1 Å². The van der Waals surface area contributed by atoms with Gasteiger partial charge in [0.2, 0.25) is 23.6 Å². The number of hydrogen-bond donors (Lipinski definition) is 1. The second-order valence-corrected chi connectivity index (χ2v) is 7.46. The van der Waals surface area contributed by atoms with Gasteiger partial charge in [0.05, 0.1) is 30.1 Å². The van der Waals surface area contributed by atoms with Crippen LogP contribution in [0.4, 0.5) is 0 Å². The van der Waals surface area contributed by atoms with Gasteiger partial charge in [-0.05, 0) is 38.7 Å².